The van der Waals surface area contributed by atoms with Crippen LogP contribution in [0.5, 0.6) is 5.75 Å². The van der Waals surface area contributed by atoms with Crippen molar-refractivity contribution in [3.63, 3.8) is 0 Å². The Labute approximate surface area is 146 Å². The van der Waals surface area contributed by atoms with Crippen LogP contribution in [0.3, 0.4) is 0 Å². The van der Waals surface area contributed by atoms with E-state index in [1.165, 1.54) is 7.11 Å². The zero-order chi connectivity index (χ0) is 17.9. The molecule has 1 aliphatic rings. The summed E-state index contributed by atoms with van der Waals surface area (Å²) in [5.74, 6) is 1.37. The number of aromatic nitrogens is 4. The Kier molecular flexibility index (Phi) is 4.87. The lowest BCUT2D eigenvalue weighted by Gasteiger charge is -2.42. The minimum Gasteiger partial charge on any atom is -0.497 e. The molecule has 1 aliphatic carbocycles. The fourth-order valence-corrected chi connectivity index (χ4v) is 3.55. The molecule has 0 radical (unpaired) electrons. The highest BCUT2D eigenvalue weighted by molar-refractivity contribution is 5.68. The highest BCUT2D eigenvalue weighted by atomic mass is 16.5. The molecule has 1 heterocycles. The second-order valence-corrected chi connectivity index (χ2v) is 6.24. The molecule has 0 unspecified atom stereocenters. The Morgan fingerprint density at radius 3 is 2.68 bits per heavy atom. The van der Waals surface area contributed by atoms with Gasteiger partial charge in [0.05, 0.1) is 19.9 Å². The quantitative estimate of drug-likeness (QED) is 0.847. The van der Waals surface area contributed by atoms with Gasteiger partial charge in [0.15, 0.2) is 5.82 Å². The second-order valence-electron chi connectivity index (χ2n) is 6.24. The molecule has 2 aromatic rings. The summed E-state index contributed by atoms with van der Waals surface area (Å²) in [5.41, 5.74) is 0.209. The third kappa shape index (κ3) is 3.04. The van der Waals surface area contributed by atoms with Gasteiger partial charge in [0.25, 0.3) is 0 Å². The number of carbonyl (C=O) groups excluding carboxylic acids is 1. The number of nitrogens with zero attached hydrogens (tertiary/aromatic N) is 5. The van der Waals surface area contributed by atoms with Gasteiger partial charge in [0.2, 0.25) is 0 Å². The summed E-state index contributed by atoms with van der Waals surface area (Å²) in [4.78, 5) is 13.9. The Balaban J connectivity index is 2.09. The molecule has 1 aromatic heterocycles. The summed E-state index contributed by atoms with van der Waals surface area (Å²) >= 11 is 0. The van der Waals surface area contributed by atoms with Crippen molar-refractivity contribution in [2.75, 3.05) is 21.3 Å². The molecule has 8 nitrogen and oxygen atoms in total. The zero-order valence-corrected chi connectivity index (χ0v) is 14.8. The molecule has 0 saturated heterocycles. The molecule has 0 N–H and O–H groups in total. The Morgan fingerprint density at radius 1 is 1.24 bits per heavy atom. The van der Waals surface area contributed by atoms with Crippen LogP contribution < -0.4 is 4.74 Å². The number of ether oxygens (including phenoxy) is 2. The van der Waals surface area contributed by atoms with Crippen LogP contribution >= 0.6 is 0 Å². The maximum atomic E-state index is 12.3. The summed E-state index contributed by atoms with van der Waals surface area (Å²) in [6.45, 7) is 0. The van der Waals surface area contributed by atoms with Gasteiger partial charge in [0, 0.05) is 13.1 Å². The number of tetrazole rings is 1. The van der Waals surface area contributed by atoms with Crippen LogP contribution in [0.4, 0.5) is 4.79 Å². The minimum atomic E-state index is -0.585. The number of hydrogen-bond acceptors (Lipinski definition) is 6. The van der Waals surface area contributed by atoms with E-state index >= 15 is 0 Å². The van der Waals surface area contributed by atoms with Crippen molar-refractivity contribution < 1.29 is 14.3 Å². The Bertz CT molecular complexity index is 739. The lowest BCUT2D eigenvalue weighted by molar-refractivity contribution is 0.0472. The van der Waals surface area contributed by atoms with Crippen molar-refractivity contribution in [1.82, 2.24) is 25.1 Å². The van der Waals surface area contributed by atoms with Crippen LogP contribution in [0.1, 0.15) is 37.9 Å². The van der Waals surface area contributed by atoms with E-state index in [1.807, 2.05) is 24.3 Å². The van der Waals surface area contributed by atoms with Crippen LogP contribution in [0.25, 0.3) is 5.69 Å². The highest BCUT2D eigenvalue weighted by Crippen LogP contribution is 2.41. The molecule has 8 heteroatoms. The van der Waals surface area contributed by atoms with Crippen LogP contribution in [0.15, 0.2) is 24.3 Å². The normalized spacial score (nSPS) is 16.3. The number of carbonyl (C=O) groups is 1. The van der Waals surface area contributed by atoms with Crippen molar-refractivity contribution in [1.29, 1.82) is 0 Å². The first-order valence-corrected chi connectivity index (χ1v) is 8.37. The molecule has 134 valence electrons. The Hall–Kier alpha value is -2.64. The van der Waals surface area contributed by atoms with Gasteiger partial charge in [-0.2, -0.15) is 4.68 Å². The smallest absolute Gasteiger partial charge is 0.410 e. The Morgan fingerprint density at radius 2 is 2.00 bits per heavy atom. The van der Waals surface area contributed by atoms with Crippen molar-refractivity contribution in [3.8, 4) is 11.4 Å². The van der Waals surface area contributed by atoms with Gasteiger partial charge >= 0.3 is 6.09 Å². The zero-order valence-electron chi connectivity index (χ0n) is 14.8. The maximum Gasteiger partial charge on any atom is 0.410 e. The van der Waals surface area contributed by atoms with Crippen molar-refractivity contribution in [2.24, 2.45) is 0 Å². The molecule has 1 amide bonds. The first-order valence-electron chi connectivity index (χ1n) is 8.37. The number of amides is 1. The van der Waals surface area contributed by atoms with E-state index in [0.717, 1.165) is 43.5 Å². The number of benzene rings is 1. The molecule has 25 heavy (non-hydrogen) atoms. The van der Waals surface area contributed by atoms with Gasteiger partial charge in [0.1, 0.15) is 11.3 Å². The SMILES string of the molecule is COC(=O)N(C)C1(c2nnnn2-c2cccc(OC)c2)CCCCC1. The second kappa shape index (κ2) is 7.08. The molecule has 0 spiro atoms. The lowest BCUT2D eigenvalue weighted by atomic mass is 9.79. The topological polar surface area (TPSA) is 82.4 Å². The fraction of sp³-hybridized carbons (Fsp3) is 0.529. The lowest BCUT2D eigenvalue weighted by Crippen LogP contribution is -2.50. The molecular formula is C17H23N5O3. The first kappa shape index (κ1) is 17.2. The van der Waals surface area contributed by atoms with Crippen molar-refractivity contribution in [3.05, 3.63) is 30.1 Å². The van der Waals surface area contributed by atoms with Crippen LogP contribution in [0, 0.1) is 0 Å². The summed E-state index contributed by atoms with van der Waals surface area (Å²) in [6, 6.07) is 7.53. The maximum absolute atomic E-state index is 12.3. The molecule has 3 rings (SSSR count). The summed E-state index contributed by atoms with van der Waals surface area (Å²) in [7, 11) is 4.76. The van der Waals surface area contributed by atoms with Gasteiger partial charge in [-0.3, -0.25) is 4.90 Å². The predicted octanol–water partition coefficient (Wildman–Crippen LogP) is 2.53. The van der Waals surface area contributed by atoms with Gasteiger partial charge in [-0.15, -0.1) is 5.10 Å². The third-order valence-electron chi connectivity index (χ3n) is 4.95. The largest absolute Gasteiger partial charge is 0.497 e. The summed E-state index contributed by atoms with van der Waals surface area (Å²) in [5, 5.41) is 12.3. The fourth-order valence-electron chi connectivity index (χ4n) is 3.55. The molecule has 1 saturated carbocycles. The molecule has 0 atom stereocenters. The number of rotatable bonds is 4. The summed E-state index contributed by atoms with van der Waals surface area (Å²) < 4.78 is 11.9. The molecule has 0 aliphatic heterocycles. The van der Waals surface area contributed by atoms with E-state index in [-0.39, 0.29) is 6.09 Å². The summed E-state index contributed by atoms with van der Waals surface area (Å²) in [6.07, 6.45) is 4.35. The highest BCUT2D eigenvalue weighted by Gasteiger charge is 2.45. The average Bonchev–Trinajstić information content (AvgIpc) is 3.17. The van der Waals surface area contributed by atoms with Crippen LogP contribution in [0.2, 0.25) is 0 Å². The minimum absolute atomic E-state index is 0.387. The van der Waals surface area contributed by atoms with E-state index in [2.05, 4.69) is 15.5 Å². The third-order valence-corrected chi connectivity index (χ3v) is 4.95. The van der Waals surface area contributed by atoms with E-state index in [1.54, 1.807) is 23.7 Å². The molecule has 1 aromatic carbocycles. The van der Waals surface area contributed by atoms with Gasteiger partial charge in [-0.1, -0.05) is 25.3 Å². The van der Waals surface area contributed by atoms with Crippen LogP contribution in [-0.4, -0.2) is 52.5 Å². The molecule has 0 bridgehead atoms. The first-order chi connectivity index (χ1) is 12.1. The van der Waals surface area contributed by atoms with Gasteiger partial charge in [-0.05, 0) is 35.4 Å². The van der Waals surface area contributed by atoms with Crippen LogP contribution in [-0.2, 0) is 10.3 Å². The standard InChI is InChI=1S/C17H23N5O3/c1-21(16(23)25-3)17(10-5-4-6-11-17)15-18-19-20-22(15)13-8-7-9-14(12-13)24-2/h7-9,12H,4-6,10-11H2,1-3H3. The monoisotopic (exact) mass is 345 g/mol. The van der Waals surface area contributed by atoms with Gasteiger partial charge < -0.3 is 9.47 Å². The van der Waals surface area contributed by atoms with Crippen molar-refractivity contribution >= 4 is 6.09 Å². The van der Waals surface area contributed by atoms with Crippen molar-refractivity contribution in [2.45, 2.75) is 37.6 Å². The number of hydrogen-bond donors (Lipinski definition) is 0. The predicted molar refractivity (Wildman–Crippen MR) is 90.6 cm³/mol. The molecule has 1 fully saturated rings. The van der Waals surface area contributed by atoms with E-state index in [9.17, 15) is 4.79 Å². The van der Waals surface area contributed by atoms with Gasteiger partial charge in [-0.25, -0.2) is 4.79 Å². The van der Waals surface area contributed by atoms with E-state index < -0.39 is 5.54 Å². The number of methoxy groups -OCH3 is 2. The van der Waals surface area contributed by atoms with E-state index in [4.69, 9.17) is 9.47 Å². The van der Waals surface area contributed by atoms with E-state index in [0.29, 0.717) is 5.82 Å². The average molecular weight is 345 g/mol. The molecular weight excluding hydrogens is 322 g/mol.